The van der Waals surface area contributed by atoms with E-state index in [1.165, 1.54) is 0 Å². The van der Waals surface area contributed by atoms with E-state index in [-0.39, 0.29) is 23.9 Å². The highest BCUT2D eigenvalue weighted by atomic mass is 35.5. The van der Waals surface area contributed by atoms with Crippen molar-refractivity contribution >= 4 is 11.6 Å². The minimum atomic E-state index is -4.40. The van der Waals surface area contributed by atoms with E-state index in [1.54, 1.807) is 0 Å². The number of ether oxygens (including phenoxy) is 1. The van der Waals surface area contributed by atoms with Crippen LogP contribution in [-0.2, 0) is 6.18 Å². The van der Waals surface area contributed by atoms with Crippen molar-refractivity contribution in [1.29, 1.82) is 0 Å². The van der Waals surface area contributed by atoms with Crippen LogP contribution in [0.2, 0.25) is 5.02 Å². The highest BCUT2D eigenvalue weighted by Gasteiger charge is 2.31. The van der Waals surface area contributed by atoms with Gasteiger partial charge in [0.1, 0.15) is 12.4 Å². The number of alkyl halides is 3. The van der Waals surface area contributed by atoms with Gasteiger partial charge in [0.25, 0.3) is 0 Å². The maximum absolute atomic E-state index is 12.3. The lowest BCUT2D eigenvalue weighted by Gasteiger charge is -2.11. The van der Waals surface area contributed by atoms with Crippen LogP contribution in [0.3, 0.4) is 0 Å². The van der Waals surface area contributed by atoms with E-state index in [0.29, 0.717) is 0 Å². The van der Waals surface area contributed by atoms with Gasteiger partial charge in [0.15, 0.2) is 0 Å². The van der Waals surface area contributed by atoms with Crippen molar-refractivity contribution in [2.45, 2.75) is 6.18 Å². The quantitative estimate of drug-likeness (QED) is 0.880. The van der Waals surface area contributed by atoms with Gasteiger partial charge in [-0.3, -0.25) is 0 Å². The molecule has 6 heteroatoms. The first-order valence-electron chi connectivity index (χ1n) is 4.15. The van der Waals surface area contributed by atoms with E-state index in [1.807, 2.05) is 0 Å². The van der Waals surface area contributed by atoms with Crippen molar-refractivity contribution in [3.63, 3.8) is 0 Å². The Hall–Kier alpha value is -0.940. The highest BCUT2D eigenvalue weighted by Crippen LogP contribution is 2.34. The van der Waals surface area contributed by atoms with Crippen LogP contribution in [0.25, 0.3) is 0 Å². The first-order valence-corrected chi connectivity index (χ1v) is 4.52. The van der Waals surface area contributed by atoms with Crippen molar-refractivity contribution < 1.29 is 17.9 Å². The maximum atomic E-state index is 12.3. The lowest BCUT2D eigenvalue weighted by molar-refractivity contribution is -0.137. The lowest BCUT2D eigenvalue weighted by atomic mass is 10.2. The van der Waals surface area contributed by atoms with E-state index >= 15 is 0 Å². The molecule has 0 bridgehead atoms. The first-order chi connectivity index (χ1) is 6.95. The summed E-state index contributed by atoms with van der Waals surface area (Å²) in [6.45, 7) is 0.341. The molecule has 0 radical (unpaired) electrons. The van der Waals surface area contributed by atoms with E-state index in [2.05, 4.69) is 0 Å². The predicted molar refractivity (Wildman–Crippen MR) is 51.0 cm³/mol. The monoisotopic (exact) mass is 239 g/mol. The van der Waals surface area contributed by atoms with Gasteiger partial charge in [-0.05, 0) is 18.2 Å². The molecule has 2 N–H and O–H groups in total. The smallest absolute Gasteiger partial charge is 0.416 e. The fourth-order valence-electron chi connectivity index (χ4n) is 0.959. The Labute approximate surface area is 89.8 Å². The van der Waals surface area contributed by atoms with E-state index in [9.17, 15) is 13.2 Å². The second kappa shape index (κ2) is 4.72. The number of benzene rings is 1. The molecule has 0 aliphatic heterocycles. The first kappa shape index (κ1) is 12.1. The molecule has 1 aromatic carbocycles. The summed E-state index contributed by atoms with van der Waals surface area (Å²) in [7, 11) is 0. The average Bonchev–Trinajstić information content (AvgIpc) is 2.15. The van der Waals surface area contributed by atoms with E-state index < -0.39 is 11.7 Å². The normalized spacial score (nSPS) is 11.5. The van der Waals surface area contributed by atoms with Crippen LogP contribution in [0.15, 0.2) is 18.2 Å². The molecular weight excluding hydrogens is 231 g/mol. The van der Waals surface area contributed by atoms with E-state index in [0.717, 1.165) is 18.2 Å². The number of hydrogen-bond donors (Lipinski definition) is 1. The molecule has 1 aromatic rings. The van der Waals surface area contributed by atoms with Gasteiger partial charge in [-0.1, -0.05) is 11.6 Å². The predicted octanol–water partition coefficient (Wildman–Crippen LogP) is 2.70. The van der Waals surface area contributed by atoms with Gasteiger partial charge < -0.3 is 10.5 Å². The minimum absolute atomic E-state index is 0.00283. The second-order valence-electron chi connectivity index (χ2n) is 2.78. The third kappa shape index (κ3) is 3.28. The molecule has 15 heavy (non-hydrogen) atoms. The molecular formula is C9H9ClF3NO. The van der Waals surface area contributed by atoms with Gasteiger partial charge in [0.2, 0.25) is 0 Å². The molecule has 0 spiro atoms. The zero-order valence-corrected chi connectivity index (χ0v) is 8.40. The zero-order chi connectivity index (χ0) is 11.5. The van der Waals surface area contributed by atoms with Gasteiger partial charge in [-0.25, -0.2) is 0 Å². The Kier molecular flexibility index (Phi) is 3.82. The summed E-state index contributed by atoms with van der Waals surface area (Å²) in [5.74, 6) is -0.00283. The molecule has 0 saturated carbocycles. The Balaban J connectivity index is 2.95. The summed E-state index contributed by atoms with van der Waals surface area (Å²) < 4.78 is 41.9. The van der Waals surface area contributed by atoms with Crippen LogP contribution in [0.4, 0.5) is 13.2 Å². The summed E-state index contributed by atoms with van der Waals surface area (Å²) in [4.78, 5) is 0. The third-order valence-electron chi connectivity index (χ3n) is 1.63. The van der Waals surface area contributed by atoms with Crippen LogP contribution in [0, 0.1) is 0 Å². The van der Waals surface area contributed by atoms with E-state index in [4.69, 9.17) is 22.1 Å². The average molecular weight is 240 g/mol. The van der Waals surface area contributed by atoms with Crippen LogP contribution in [-0.4, -0.2) is 13.2 Å². The fraction of sp³-hybridized carbons (Fsp3) is 0.333. The summed E-state index contributed by atoms with van der Waals surface area (Å²) >= 11 is 5.65. The Morgan fingerprint density at radius 2 is 2.00 bits per heavy atom. The molecule has 2 nitrogen and oxygen atoms in total. The topological polar surface area (TPSA) is 35.2 Å². The lowest BCUT2D eigenvalue weighted by Crippen LogP contribution is -2.11. The van der Waals surface area contributed by atoms with Crippen LogP contribution in [0.5, 0.6) is 5.75 Å². The fourth-order valence-corrected chi connectivity index (χ4v) is 1.13. The Morgan fingerprint density at radius 3 is 2.53 bits per heavy atom. The third-order valence-corrected chi connectivity index (χ3v) is 1.95. The highest BCUT2D eigenvalue weighted by molar-refractivity contribution is 6.32. The van der Waals surface area contributed by atoms with Crippen molar-refractivity contribution in [1.82, 2.24) is 0 Å². The number of rotatable bonds is 3. The van der Waals surface area contributed by atoms with Gasteiger partial charge in [0, 0.05) is 6.54 Å². The minimum Gasteiger partial charge on any atom is -0.491 e. The van der Waals surface area contributed by atoms with Gasteiger partial charge in [0.05, 0.1) is 10.6 Å². The second-order valence-corrected chi connectivity index (χ2v) is 3.19. The standard InChI is InChI=1S/C9H9ClF3NO/c10-7-2-1-6(9(11,12)13)5-8(7)15-4-3-14/h1-2,5H,3-4,14H2. The number of nitrogens with two attached hydrogens (primary N) is 1. The number of halogens is 4. The van der Waals surface area contributed by atoms with Crippen LogP contribution < -0.4 is 10.5 Å². The van der Waals surface area contributed by atoms with Gasteiger partial charge >= 0.3 is 6.18 Å². The van der Waals surface area contributed by atoms with Crippen molar-refractivity contribution in [3.05, 3.63) is 28.8 Å². The van der Waals surface area contributed by atoms with Crippen molar-refractivity contribution in [2.24, 2.45) is 5.73 Å². The van der Waals surface area contributed by atoms with Crippen molar-refractivity contribution in [3.8, 4) is 5.75 Å². The molecule has 0 aromatic heterocycles. The molecule has 0 aliphatic carbocycles. The molecule has 84 valence electrons. The van der Waals surface area contributed by atoms with Crippen molar-refractivity contribution in [2.75, 3.05) is 13.2 Å². The van der Waals surface area contributed by atoms with Crippen LogP contribution in [0.1, 0.15) is 5.56 Å². The largest absolute Gasteiger partial charge is 0.491 e. The van der Waals surface area contributed by atoms with Gasteiger partial charge in [-0.15, -0.1) is 0 Å². The van der Waals surface area contributed by atoms with Crippen LogP contribution >= 0.6 is 11.6 Å². The SMILES string of the molecule is NCCOc1cc(C(F)(F)F)ccc1Cl. The van der Waals surface area contributed by atoms with Gasteiger partial charge in [-0.2, -0.15) is 13.2 Å². The number of hydrogen-bond acceptors (Lipinski definition) is 2. The Bertz CT molecular complexity index is 341. The summed E-state index contributed by atoms with van der Waals surface area (Å²) in [6.07, 6.45) is -4.40. The molecule has 1 rings (SSSR count). The Morgan fingerprint density at radius 1 is 1.33 bits per heavy atom. The molecule has 0 atom stereocenters. The summed E-state index contributed by atoms with van der Waals surface area (Å²) in [6, 6.07) is 2.91. The summed E-state index contributed by atoms with van der Waals surface area (Å²) in [5.41, 5.74) is 4.37. The molecule has 0 amide bonds. The molecule has 0 saturated heterocycles. The molecule has 0 aliphatic rings. The maximum Gasteiger partial charge on any atom is 0.416 e. The molecule has 0 heterocycles. The molecule has 0 fully saturated rings. The zero-order valence-electron chi connectivity index (χ0n) is 7.64. The summed E-state index contributed by atoms with van der Waals surface area (Å²) in [5, 5.41) is 0.136. The molecule has 0 unspecified atom stereocenters.